The zero-order valence-electron chi connectivity index (χ0n) is 11.3. The zero-order valence-corrected chi connectivity index (χ0v) is 12.9. The summed E-state index contributed by atoms with van der Waals surface area (Å²) in [5.41, 5.74) is 7.99. The molecule has 7 heteroatoms. The van der Waals surface area contributed by atoms with Crippen molar-refractivity contribution in [1.82, 2.24) is 0 Å². The first kappa shape index (κ1) is 13.9. The lowest BCUT2D eigenvalue weighted by molar-refractivity contribution is 0.586. The lowest BCUT2D eigenvalue weighted by Gasteiger charge is -2.23. The van der Waals surface area contributed by atoms with Crippen LogP contribution in [-0.2, 0) is 16.4 Å². The molecule has 1 aliphatic heterocycles. The van der Waals surface area contributed by atoms with Crippen molar-refractivity contribution in [2.45, 2.75) is 23.6 Å². The van der Waals surface area contributed by atoms with Gasteiger partial charge in [0.1, 0.15) is 15.2 Å². The summed E-state index contributed by atoms with van der Waals surface area (Å²) in [5, 5.41) is 8.86. The van der Waals surface area contributed by atoms with Crippen LogP contribution in [0.4, 0.5) is 11.4 Å². The molecule has 108 valence electrons. The van der Waals surface area contributed by atoms with Crippen molar-refractivity contribution in [3.05, 3.63) is 40.8 Å². The van der Waals surface area contributed by atoms with Gasteiger partial charge < -0.3 is 5.73 Å². The van der Waals surface area contributed by atoms with Crippen LogP contribution >= 0.6 is 11.3 Å². The molecule has 21 heavy (non-hydrogen) atoms. The molecule has 0 aliphatic carbocycles. The minimum Gasteiger partial charge on any atom is -0.399 e. The molecular formula is C14H13N3O2S2. The lowest BCUT2D eigenvalue weighted by atomic mass is 10.1. The van der Waals surface area contributed by atoms with E-state index in [4.69, 9.17) is 11.0 Å². The van der Waals surface area contributed by atoms with Gasteiger partial charge >= 0.3 is 0 Å². The Kier molecular flexibility index (Phi) is 3.15. The monoisotopic (exact) mass is 319 g/mol. The van der Waals surface area contributed by atoms with Gasteiger partial charge in [-0.1, -0.05) is 0 Å². The Bertz CT molecular complexity index is 849. The molecular weight excluding hydrogens is 306 g/mol. The highest BCUT2D eigenvalue weighted by Gasteiger charge is 2.36. The summed E-state index contributed by atoms with van der Waals surface area (Å²) in [6, 6.07) is 10.1. The second-order valence-electron chi connectivity index (χ2n) is 4.97. The van der Waals surface area contributed by atoms with E-state index in [0.29, 0.717) is 22.7 Å². The van der Waals surface area contributed by atoms with E-state index in [1.807, 2.05) is 19.1 Å². The molecule has 1 aromatic heterocycles. The highest BCUT2D eigenvalue weighted by atomic mass is 32.2. The second-order valence-corrected chi connectivity index (χ2v) is 8.10. The first-order chi connectivity index (χ1) is 9.93. The Hall–Kier alpha value is -2.04. The van der Waals surface area contributed by atoms with Crippen LogP contribution in [0, 0.1) is 11.3 Å². The van der Waals surface area contributed by atoms with Crippen molar-refractivity contribution in [1.29, 1.82) is 5.26 Å². The van der Waals surface area contributed by atoms with Crippen molar-refractivity contribution in [3.8, 4) is 6.07 Å². The molecule has 0 amide bonds. The van der Waals surface area contributed by atoms with Crippen LogP contribution in [0.3, 0.4) is 0 Å². The van der Waals surface area contributed by atoms with E-state index in [1.165, 1.54) is 16.4 Å². The minimum atomic E-state index is -3.64. The molecule has 0 saturated heterocycles. The molecule has 0 bridgehead atoms. The molecule has 3 rings (SSSR count). The number of rotatable bonds is 2. The molecule has 0 fully saturated rings. The number of sulfonamides is 1. The zero-order chi connectivity index (χ0) is 15.2. The lowest BCUT2D eigenvalue weighted by Crippen LogP contribution is -2.35. The standard InChI is InChI=1S/C14H13N3O2S2/c1-9-6-10-7-11(16)2-4-13(10)17(9)21(18,19)14-5-3-12(8-15)20-14/h2-5,7,9H,6,16H2,1H3. The van der Waals surface area contributed by atoms with Crippen LogP contribution in [0.5, 0.6) is 0 Å². The molecule has 2 heterocycles. The molecule has 1 aromatic carbocycles. The first-order valence-electron chi connectivity index (χ1n) is 6.36. The Morgan fingerprint density at radius 3 is 2.81 bits per heavy atom. The van der Waals surface area contributed by atoms with Gasteiger partial charge in [0.05, 0.1) is 5.69 Å². The Labute approximate surface area is 127 Å². The molecule has 1 aliphatic rings. The van der Waals surface area contributed by atoms with Crippen molar-refractivity contribution in [2.75, 3.05) is 10.0 Å². The first-order valence-corrected chi connectivity index (χ1v) is 8.62. The number of hydrogen-bond donors (Lipinski definition) is 1. The normalized spacial score (nSPS) is 17.5. The van der Waals surface area contributed by atoms with Crippen LogP contribution in [-0.4, -0.2) is 14.5 Å². The number of nitrogens with two attached hydrogens (primary N) is 1. The van der Waals surface area contributed by atoms with E-state index >= 15 is 0 Å². The highest BCUT2D eigenvalue weighted by molar-refractivity contribution is 7.94. The van der Waals surface area contributed by atoms with Gasteiger partial charge in [0.15, 0.2) is 0 Å². The number of nitrogens with zero attached hydrogens (tertiary/aromatic N) is 2. The summed E-state index contributed by atoms with van der Waals surface area (Å²) in [6.07, 6.45) is 0.635. The SMILES string of the molecule is CC1Cc2cc(N)ccc2N1S(=O)(=O)c1ccc(C#N)s1. The topological polar surface area (TPSA) is 87.2 Å². The number of hydrogen-bond acceptors (Lipinski definition) is 5. The average Bonchev–Trinajstić information content (AvgIpc) is 3.01. The van der Waals surface area contributed by atoms with Gasteiger partial charge in [0, 0.05) is 11.7 Å². The molecule has 1 atom stereocenters. The van der Waals surface area contributed by atoms with E-state index < -0.39 is 10.0 Å². The summed E-state index contributed by atoms with van der Waals surface area (Å²) >= 11 is 0.991. The summed E-state index contributed by atoms with van der Waals surface area (Å²) in [6.45, 7) is 1.87. The summed E-state index contributed by atoms with van der Waals surface area (Å²) < 4.78 is 27.3. The van der Waals surface area contributed by atoms with Crippen molar-refractivity contribution in [3.63, 3.8) is 0 Å². The third kappa shape index (κ3) is 2.17. The predicted octanol–water partition coefficient (Wildman–Crippen LogP) is 2.34. The van der Waals surface area contributed by atoms with Crippen molar-refractivity contribution >= 4 is 32.7 Å². The molecule has 1 unspecified atom stereocenters. The van der Waals surface area contributed by atoms with E-state index in [2.05, 4.69) is 0 Å². The number of nitriles is 1. The Balaban J connectivity index is 2.10. The molecule has 0 radical (unpaired) electrons. The molecule has 2 N–H and O–H groups in total. The van der Waals surface area contributed by atoms with Gasteiger partial charge in [0.2, 0.25) is 0 Å². The Morgan fingerprint density at radius 1 is 1.38 bits per heavy atom. The van der Waals surface area contributed by atoms with E-state index in [9.17, 15) is 8.42 Å². The fourth-order valence-electron chi connectivity index (χ4n) is 2.60. The number of anilines is 2. The smallest absolute Gasteiger partial charge is 0.274 e. The van der Waals surface area contributed by atoms with E-state index in [1.54, 1.807) is 12.1 Å². The van der Waals surface area contributed by atoms with Crippen molar-refractivity contribution < 1.29 is 8.42 Å². The van der Waals surface area contributed by atoms with Gasteiger partial charge in [-0.25, -0.2) is 8.42 Å². The maximum atomic E-state index is 12.8. The third-order valence-electron chi connectivity index (χ3n) is 3.46. The number of benzene rings is 1. The summed E-state index contributed by atoms with van der Waals surface area (Å²) in [4.78, 5) is 0.387. The molecule has 5 nitrogen and oxygen atoms in total. The highest BCUT2D eigenvalue weighted by Crippen LogP contribution is 2.38. The predicted molar refractivity (Wildman–Crippen MR) is 82.7 cm³/mol. The van der Waals surface area contributed by atoms with Crippen LogP contribution in [0.2, 0.25) is 0 Å². The van der Waals surface area contributed by atoms with Gasteiger partial charge in [-0.2, -0.15) is 5.26 Å². The van der Waals surface area contributed by atoms with Crippen molar-refractivity contribution in [2.24, 2.45) is 0 Å². The van der Waals surface area contributed by atoms with Crippen LogP contribution < -0.4 is 10.0 Å². The van der Waals surface area contributed by atoms with Crippen LogP contribution in [0.15, 0.2) is 34.5 Å². The Morgan fingerprint density at radius 2 is 2.14 bits per heavy atom. The molecule has 2 aromatic rings. The third-order valence-corrected chi connectivity index (χ3v) is 6.85. The minimum absolute atomic E-state index is 0.167. The number of nitrogen functional groups attached to an aromatic ring is 1. The number of fused-ring (bicyclic) bond motifs is 1. The van der Waals surface area contributed by atoms with Crippen LogP contribution in [0.25, 0.3) is 0 Å². The van der Waals surface area contributed by atoms with Gasteiger partial charge in [-0.3, -0.25) is 4.31 Å². The largest absolute Gasteiger partial charge is 0.399 e. The number of thiophene rings is 1. The van der Waals surface area contributed by atoms with Crippen LogP contribution in [0.1, 0.15) is 17.4 Å². The van der Waals surface area contributed by atoms with Gasteiger partial charge in [-0.05, 0) is 49.2 Å². The average molecular weight is 319 g/mol. The summed E-state index contributed by atoms with van der Waals surface area (Å²) in [7, 11) is -3.64. The fourth-order valence-corrected chi connectivity index (χ4v) is 5.49. The summed E-state index contributed by atoms with van der Waals surface area (Å²) in [5.74, 6) is 0. The molecule has 0 saturated carbocycles. The van der Waals surface area contributed by atoms with E-state index in [0.717, 1.165) is 16.9 Å². The molecule has 0 spiro atoms. The maximum Gasteiger partial charge on any atom is 0.274 e. The van der Waals surface area contributed by atoms with E-state index in [-0.39, 0.29) is 10.3 Å². The maximum absolute atomic E-state index is 12.8. The quantitative estimate of drug-likeness (QED) is 0.861. The second kappa shape index (κ2) is 4.76. The fraction of sp³-hybridized carbons (Fsp3) is 0.214. The van der Waals surface area contributed by atoms with Gasteiger partial charge in [-0.15, -0.1) is 11.3 Å². The van der Waals surface area contributed by atoms with Gasteiger partial charge in [0.25, 0.3) is 10.0 Å².